The molecule has 1 N–H and O–H groups in total. The summed E-state index contributed by atoms with van der Waals surface area (Å²) >= 11 is 0. The van der Waals surface area contributed by atoms with Crippen LogP contribution in [0.25, 0.3) is 0 Å². The Balaban J connectivity index is 2.30. The van der Waals surface area contributed by atoms with Gasteiger partial charge in [0.2, 0.25) is 0 Å². The number of rotatable bonds is 1. The summed E-state index contributed by atoms with van der Waals surface area (Å²) in [4.78, 5) is 0. The average Bonchev–Trinajstić information content (AvgIpc) is 2.14. The molecule has 0 spiro atoms. The summed E-state index contributed by atoms with van der Waals surface area (Å²) in [5, 5.41) is 2.76. The van der Waals surface area contributed by atoms with Crippen molar-refractivity contribution in [2.45, 2.75) is 6.17 Å². The summed E-state index contributed by atoms with van der Waals surface area (Å²) in [5.74, 6) is -0.380. The average molecular weight is 121 g/mol. The van der Waals surface area contributed by atoms with Crippen LogP contribution in [0.3, 0.4) is 0 Å². The standard InChI is InChI=1S/C5H9F2N/c6-1-4-2-8-3-5(4)7/h4-5,8H,1-3H2. The van der Waals surface area contributed by atoms with Gasteiger partial charge in [-0.15, -0.1) is 0 Å². The zero-order chi connectivity index (χ0) is 5.98. The van der Waals surface area contributed by atoms with Crippen molar-refractivity contribution in [1.82, 2.24) is 5.32 Å². The fraction of sp³-hybridized carbons (Fsp3) is 1.00. The lowest BCUT2D eigenvalue weighted by atomic mass is 10.1. The van der Waals surface area contributed by atoms with E-state index < -0.39 is 12.8 Å². The molecule has 1 aliphatic rings. The molecule has 2 atom stereocenters. The molecule has 1 fully saturated rings. The molecule has 0 radical (unpaired) electrons. The van der Waals surface area contributed by atoms with Gasteiger partial charge in [-0.1, -0.05) is 0 Å². The second-order valence-electron chi connectivity index (χ2n) is 2.09. The number of nitrogens with one attached hydrogen (secondary N) is 1. The molecule has 0 aromatic carbocycles. The molecule has 1 heterocycles. The van der Waals surface area contributed by atoms with Crippen LogP contribution in [-0.4, -0.2) is 25.9 Å². The van der Waals surface area contributed by atoms with Crippen LogP contribution in [-0.2, 0) is 0 Å². The maximum atomic E-state index is 12.3. The Labute approximate surface area is 47.1 Å². The summed E-state index contributed by atoms with van der Waals surface area (Å²) in [6, 6.07) is 0. The van der Waals surface area contributed by atoms with E-state index in [1.807, 2.05) is 0 Å². The van der Waals surface area contributed by atoms with Gasteiger partial charge in [-0.05, 0) is 0 Å². The fourth-order valence-corrected chi connectivity index (χ4v) is 0.852. The first-order valence-corrected chi connectivity index (χ1v) is 2.75. The highest BCUT2D eigenvalue weighted by atomic mass is 19.1. The minimum atomic E-state index is -0.958. The second-order valence-corrected chi connectivity index (χ2v) is 2.09. The molecule has 0 amide bonds. The highest BCUT2D eigenvalue weighted by Crippen LogP contribution is 2.11. The molecule has 1 saturated heterocycles. The molecular formula is C5H9F2N. The molecule has 0 aromatic rings. The van der Waals surface area contributed by atoms with Crippen molar-refractivity contribution in [3.8, 4) is 0 Å². The number of alkyl halides is 2. The topological polar surface area (TPSA) is 12.0 Å². The Kier molecular flexibility index (Phi) is 1.78. The smallest absolute Gasteiger partial charge is 0.119 e. The van der Waals surface area contributed by atoms with Gasteiger partial charge in [0.25, 0.3) is 0 Å². The van der Waals surface area contributed by atoms with Crippen LogP contribution in [0.4, 0.5) is 8.78 Å². The third-order valence-corrected chi connectivity index (χ3v) is 1.46. The monoisotopic (exact) mass is 121 g/mol. The van der Waals surface area contributed by atoms with Crippen LogP contribution in [0.15, 0.2) is 0 Å². The van der Waals surface area contributed by atoms with Gasteiger partial charge in [0.05, 0.1) is 6.67 Å². The van der Waals surface area contributed by atoms with Gasteiger partial charge in [0, 0.05) is 19.0 Å². The van der Waals surface area contributed by atoms with Gasteiger partial charge in [-0.2, -0.15) is 0 Å². The van der Waals surface area contributed by atoms with Crippen LogP contribution in [0.1, 0.15) is 0 Å². The van der Waals surface area contributed by atoms with Crippen LogP contribution >= 0.6 is 0 Å². The van der Waals surface area contributed by atoms with Crippen molar-refractivity contribution in [3.63, 3.8) is 0 Å². The Morgan fingerprint density at radius 2 is 2.25 bits per heavy atom. The summed E-state index contributed by atoms with van der Waals surface area (Å²) in [5.41, 5.74) is 0. The third-order valence-electron chi connectivity index (χ3n) is 1.46. The van der Waals surface area contributed by atoms with Gasteiger partial charge < -0.3 is 5.32 Å². The summed E-state index contributed by atoms with van der Waals surface area (Å²) < 4.78 is 24.0. The minimum absolute atomic E-state index is 0.328. The Bertz CT molecular complexity index is 76.8. The Morgan fingerprint density at radius 1 is 1.50 bits per heavy atom. The lowest BCUT2D eigenvalue weighted by molar-refractivity contribution is 0.240. The summed E-state index contributed by atoms with van der Waals surface area (Å²) in [7, 11) is 0. The molecular weight excluding hydrogens is 112 g/mol. The Hall–Kier alpha value is -0.180. The van der Waals surface area contributed by atoms with Crippen LogP contribution in [0.5, 0.6) is 0 Å². The highest BCUT2D eigenvalue weighted by Gasteiger charge is 2.25. The van der Waals surface area contributed by atoms with E-state index in [-0.39, 0.29) is 5.92 Å². The van der Waals surface area contributed by atoms with Gasteiger partial charge >= 0.3 is 0 Å². The summed E-state index contributed by atoms with van der Waals surface area (Å²) in [6.45, 7) is 0.292. The minimum Gasteiger partial charge on any atom is -0.313 e. The van der Waals surface area contributed by atoms with E-state index in [9.17, 15) is 8.78 Å². The van der Waals surface area contributed by atoms with Crippen molar-refractivity contribution in [1.29, 1.82) is 0 Å². The van der Waals surface area contributed by atoms with E-state index >= 15 is 0 Å². The second kappa shape index (κ2) is 2.40. The maximum absolute atomic E-state index is 12.3. The van der Waals surface area contributed by atoms with E-state index in [1.165, 1.54) is 0 Å². The predicted molar refractivity (Wildman–Crippen MR) is 27.2 cm³/mol. The molecule has 1 nitrogen and oxygen atoms in total. The molecule has 3 heteroatoms. The van der Waals surface area contributed by atoms with E-state index in [4.69, 9.17) is 0 Å². The van der Waals surface area contributed by atoms with Gasteiger partial charge in [-0.3, -0.25) is 4.39 Å². The van der Waals surface area contributed by atoms with E-state index in [0.717, 1.165) is 0 Å². The quantitative estimate of drug-likeness (QED) is 0.533. The molecule has 2 unspecified atom stereocenters. The van der Waals surface area contributed by atoms with Crippen molar-refractivity contribution in [3.05, 3.63) is 0 Å². The van der Waals surface area contributed by atoms with Crippen molar-refractivity contribution in [2.24, 2.45) is 5.92 Å². The lowest BCUT2D eigenvalue weighted by Crippen LogP contribution is -2.14. The van der Waals surface area contributed by atoms with Crippen molar-refractivity contribution in [2.75, 3.05) is 19.8 Å². The Morgan fingerprint density at radius 3 is 2.50 bits per heavy atom. The molecule has 0 saturated carbocycles. The maximum Gasteiger partial charge on any atom is 0.119 e. The predicted octanol–water partition coefficient (Wildman–Crippen LogP) is 0.513. The molecule has 0 aromatic heterocycles. The van der Waals surface area contributed by atoms with Crippen LogP contribution in [0.2, 0.25) is 0 Å². The van der Waals surface area contributed by atoms with Crippen LogP contribution < -0.4 is 5.32 Å². The largest absolute Gasteiger partial charge is 0.313 e. The third kappa shape index (κ3) is 0.968. The van der Waals surface area contributed by atoms with Gasteiger partial charge in [-0.25, -0.2) is 4.39 Å². The first kappa shape index (κ1) is 5.95. The molecule has 8 heavy (non-hydrogen) atoms. The highest BCUT2D eigenvalue weighted by molar-refractivity contribution is 4.79. The van der Waals surface area contributed by atoms with Gasteiger partial charge in [0.1, 0.15) is 6.17 Å². The normalized spacial score (nSPS) is 38.2. The first-order valence-electron chi connectivity index (χ1n) is 2.75. The van der Waals surface area contributed by atoms with E-state index in [2.05, 4.69) is 5.32 Å². The fourth-order valence-electron chi connectivity index (χ4n) is 0.852. The number of hydrogen-bond donors (Lipinski definition) is 1. The molecule has 0 aliphatic carbocycles. The van der Waals surface area contributed by atoms with Crippen molar-refractivity contribution >= 4 is 0 Å². The summed E-state index contributed by atoms with van der Waals surface area (Å²) in [6.07, 6.45) is -0.958. The van der Waals surface area contributed by atoms with Crippen LogP contribution in [0, 0.1) is 5.92 Å². The van der Waals surface area contributed by atoms with E-state index in [0.29, 0.717) is 13.1 Å². The van der Waals surface area contributed by atoms with E-state index in [1.54, 1.807) is 0 Å². The van der Waals surface area contributed by atoms with Crippen molar-refractivity contribution < 1.29 is 8.78 Å². The molecule has 48 valence electrons. The lowest BCUT2D eigenvalue weighted by Gasteiger charge is -2.02. The molecule has 1 rings (SSSR count). The molecule has 0 bridgehead atoms. The molecule has 1 aliphatic heterocycles. The zero-order valence-corrected chi connectivity index (χ0v) is 4.53. The number of halogens is 2. The van der Waals surface area contributed by atoms with Gasteiger partial charge in [0.15, 0.2) is 0 Å². The zero-order valence-electron chi connectivity index (χ0n) is 4.53. The number of hydrogen-bond acceptors (Lipinski definition) is 1. The first-order chi connectivity index (χ1) is 3.84. The SMILES string of the molecule is FCC1CNCC1F.